The van der Waals surface area contributed by atoms with Gasteiger partial charge in [-0.2, -0.15) is 0 Å². The number of nitrogen functional groups attached to an aromatic ring is 1. The Bertz CT molecular complexity index is 774. The van der Waals surface area contributed by atoms with Gasteiger partial charge >= 0.3 is 0 Å². The van der Waals surface area contributed by atoms with E-state index in [1.165, 1.54) is 6.07 Å². The first kappa shape index (κ1) is 13.3. The van der Waals surface area contributed by atoms with Gasteiger partial charge in [-0.3, -0.25) is 9.97 Å². The van der Waals surface area contributed by atoms with Crippen molar-refractivity contribution in [1.29, 1.82) is 0 Å². The summed E-state index contributed by atoms with van der Waals surface area (Å²) >= 11 is 0. The highest BCUT2D eigenvalue weighted by Gasteiger charge is 2.16. The molecular formula is C16H15FN4. The van der Waals surface area contributed by atoms with E-state index in [1.54, 1.807) is 23.4 Å². The molecule has 0 saturated heterocycles. The minimum atomic E-state index is -0.378. The Morgan fingerprint density at radius 3 is 2.71 bits per heavy atom. The van der Waals surface area contributed by atoms with E-state index in [0.29, 0.717) is 23.4 Å². The summed E-state index contributed by atoms with van der Waals surface area (Å²) < 4.78 is 14.4. The van der Waals surface area contributed by atoms with Gasteiger partial charge in [0.2, 0.25) is 0 Å². The summed E-state index contributed by atoms with van der Waals surface area (Å²) in [5, 5.41) is 0.752. The van der Waals surface area contributed by atoms with E-state index < -0.39 is 0 Å². The van der Waals surface area contributed by atoms with Crippen LogP contribution < -0.4 is 10.6 Å². The molecule has 5 heteroatoms. The fourth-order valence-corrected chi connectivity index (χ4v) is 2.40. The van der Waals surface area contributed by atoms with Crippen molar-refractivity contribution >= 4 is 22.3 Å². The summed E-state index contributed by atoms with van der Waals surface area (Å²) in [5.74, 6) is -0.378. The molecule has 0 aliphatic rings. The topological polar surface area (TPSA) is 55.0 Å². The Labute approximate surface area is 122 Å². The van der Waals surface area contributed by atoms with E-state index in [1.807, 2.05) is 31.3 Å². The molecule has 0 spiro atoms. The molecule has 0 amide bonds. The van der Waals surface area contributed by atoms with Crippen LogP contribution in [0.3, 0.4) is 0 Å². The third-order valence-electron chi connectivity index (χ3n) is 3.36. The summed E-state index contributed by atoms with van der Waals surface area (Å²) in [7, 11) is 1.82. The third kappa shape index (κ3) is 2.50. The molecule has 1 aromatic carbocycles. The summed E-state index contributed by atoms with van der Waals surface area (Å²) in [6, 6.07) is 10.6. The van der Waals surface area contributed by atoms with Crippen LogP contribution >= 0.6 is 0 Å². The van der Waals surface area contributed by atoms with Crippen molar-refractivity contribution in [1.82, 2.24) is 9.97 Å². The fraction of sp³-hybridized carbons (Fsp3) is 0.125. The number of pyridine rings is 2. The molecule has 4 nitrogen and oxygen atoms in total. The van der Waals surface area contributed by atoms with E-state index >= 15 is 0 Å². The molecule has 0 atom stereocenters. The smallest absolute Gasteiger partial charge is 0.150 e. The quantitative estimate of drug-likeness (QED) is 0.750. The molecule has 2 aromatic heterocycles. The van der Waals surface area contributed by atoms with Crippen molar-refractivity contribution in [3.8, 4) is 0 Å². The molecule has 0 unspecified atom stereocenters. The molecule has 21 heavy (non-hydrogen) atoms. The molecule has 0 aliphatic carbocycles. The van der Waals surface area contributed by atoms with E-state index in [0.717, 1.165) is 11.1 Å². The Morgan fingerprint density at radius 1 is 1.14 bits per heavy atom. The largest absolute Gasteiger partial charge is 0.398 e. The first-order valence-electron chi connectivity index (χ1n) is 6.60. The molecule has 3 aromatic rings. The maximum absolute atomic E-state index is 14.4. The number of hydrogen-bond acceptors (Lipinski definition) is 4. The molecule has 0 saturated carbocycles. The highest BCUT2D eigenvalue weighted by atomic mass is 19.1. The zero-order valence-electron chi connectivity index (χ0n) is 11.6. The summed E-state index contributed by atoms with van der Waals surface area (Å²) in [6.45, 7) is 0.493. The average Bonchev–Trinajstić information content (AvgIpc) is 2.48. The lowest BCUT2D eigenvalue weighted by molar-refractivity contribution is 0.624. The molecule has 0 aliphatic heterocycles. The van der Waals surface area contributed by atoms with Gasteiger partial charge in [0.15, 0.2) is 5.82 Å². The van der Waals surface area contributed by atoms with Crippen LogP contribution in [0.1, 0.15) is 5.69 Å². The highest BCUT2D eigenvalue weighted by Crippen LogP contribution is 2.32. The summed E-state index contributed by atoms with van der Waals surface area (Å²) in [4.78, 5) is 10.3. The Morgan fingerprint density at radius 2 is 1.95 bits per heavy atom. The standard InChI is InChI=1S/C16H15FN4/c1-21(10-11-5-2-3-7-19-11)16-13(17)9-14(18)12-6-4-8-20-15(12)16/h2-9H,10,18H2,1H3. The number of halogens is 1. The SMILES string of the molecule is CN(Cc1ccccn1)c1c(F)cc(N)c2cccnc12. The van der Waals surface area contributed by atoms with Gasteiger partial charge in [0, 0.05) is 30.5 Å². The van der Waals surface area contributed by atoms with Crippen molar-refractivity contribution in [2.45, 2.75) is 6.54 Å². The van der Waals surface area contributed by atoms with E-state index in [-0.39, 0.29) is 5.82 Å². The van der Waals surface area contributed by atoms with Crippen LogP contribution in [0, 0.1) is 5.82 Å². The Balaban J connectivity index is 2.07. The molecule has 106 valence electrons. The van der Waals surface area contributed by atoms with E-state index in [9.17, 15) is 4.39 Å². The van der Waals surface area contributed by atoms with Crippen LogP contribution in [-0.2, 0) is 6.54 Å². The summed E-state index contributed by atoms with van der Waals surface area (Å²) in [5.41, 5.74) is 8.12. The van der Waals surface area contributed by atoms with Gasteiger partial charge in [-0.05, 0) is 30.3 Å². The molecular weight excluding hydrogens is 267 g/mol. The van der Waals surface area contributed by atoms with Gasteiger partial charge in [-0.15, -0.1) is 0 Å². The molecule has 0 fully saturated rings. The Kier molecular flexibility index (Phi) is 3.39. The number of benzene rings is 1. The lowest BCUT2D eigenvalue weighted by Gasteiger charge is -2.21. The van der Waals surface area contributed by atoms with Crippen LogP contribution in [-0.4, -0.2) is 17.0 Å². The third-order valence-corrected chi connectivity index (χ3v) is 3.36. The minimum absolute atomic E-state index is 0.378. The van der Waals surface area contributed by atoms with Crippen LogP contribution in [0.4, 0.5) is 15.8 Å². The average molecular weight is 282 g/mol. The number of fused-ring (bicyclic) bond motifs is 1. The maximum atomic E-state index is 14.4. The van der Waals surface area contributed by atoms with Crippen LogP contribution in [0.25, 0.3) is 10.9 Å². The summed E-state index contributed by atoms with van der Waals surface area (Å²) in [6.07, 6.45) is 3.36. The van der Waals surface area contributed by atoms with Gasteiger partial charge in [-0.25, -0.2) is 4.39 Å². The lowest BCUT2D eigenvalue weighted by Crippen LogP contribution is -2.19. The van der Waals surface area contributed by atoms with Gasteiger partial charge in [0.25, 0.3) is 0 Å². The highest BCUT2D eigenvalue weighted by molar-refractivity contribution is 5.98. The number of nitrogens with zero attached hydrogens (tertiary/aromatic N) is 3. The fourth-order valence-electron chi connectivity index (χ4n) is 2.40. The Hall–Kier alpha value is -2.69. The van der Waals surface area contributed by atoms with Crippen molar-refractivity contribution in [2.24, 2.45) is 0 Å². The van der Waals surface area contributed by atoms with E-state index in [2.05, 4.69) is 9.97 Å². The van der Waals surface area contributed by atoms with Crippen molar-refractivity contribution in [3.05, 3.63) is 60.3 Å². The number of nitrogens with two attached hydrogens (primary N) is 1. The number of rotatable bonds is 3. The second-order valence-electron chi connectivity index (χ2n) is 4.87. The predicted octanol–water partition coefficient (Wildman–Crippen LogP) is 2.99. The zero-order valence-corrected chi connectivity index (χ0v) is 11.6. The zero-order chi connectivity index (χ0) is 14.8. The van der Waals surface area contributed by atoms with E-state index in [4.69, 9.17) is 5.73 Å². The second kappa shape index (κ2) is 5.36. The first-order valence-corrected chi connectivity index (χ1v) is 6.60. The van der Waals surface area contributed by atoms with Crippen molar-refractivity contribution in [2.75, 3.05) is 17.7 Å². The first-order chi connectivity index (χ1) is 10.2. The number of hydrogen-bond donors (Lipinski definition) is 1. The predicted molar refractivity (Wildman–Crippen MR) is 82.5 cm³/mol. The van der Waals surface area contributed by atoms with Crippen LogP contribution in [0.5, 0.6) is 0 Å². The number of aromatic nitrogens is 2. The lowest BCUT2D eigenvalue weighted by atomic mass is 10.1. The molecule has 0 bridgehead atoms. The van der Waals surface area contributed by atoms with Gasteiger partial charge in [0.1, 0.15) is 0 Å². The van der Waals surface area contributed by atoms with Crippen molar-refractivity contribution < 1.29 is 4.39 Å². The molecule has 3 rings (SSSR count). The van der Waals surface area contributed by atoms with Crippen molar-refractivity contribution in [3.63, 3.8) is 0 Å². The number of anilines is 2. The monoisotopic (exact) mass is 282 g/mol. The minimum Gasteiger partial charge on any atom is -0.398 e. The van der Waals surface area contributed by atoms with Gasteiger partial charge < -0.3 is 10.6 Å². The van der Waals surface area contributed by atoms with Gasteiger partial charge in [0.05, 0.1) is 23.4 Å². The molecule has 0 radical (unpaired) electrons. The van der Waals surface area contributed by atoms with Crippen LogP contribution in [0.15, 0.2) is 48.8 Å². The van der Waals surface area contributed by atoms with Crippen LogP contribution in [0.2, 0.25) is 0 Å². The van der Waals surface area contributed by atoms with Gasteiger partial charge in [-0.1, -0.05) is 6.07 Å². The normalized spacial score (nSPS) is 10.8. The maximum Gasteiger partial charge on any atom is 0.150 e. The molecule has 2 N–H and O–H groups in total. The molecule has 2 heterocycles. The second-order valence-corrected chi connectivity index (χ2v) is 4.87.